The van der Waals surface area contributed by atoms with Crippen LogP contribution in [0.3, 0.4) is 0 Å². The van der Waals surface area contributed by atoms with Crippen molar-refractivity contribution in [3.63, 3.8) is 0 Å². The number of non-ortho nitro benzene ring substituents is 1. The third-order valence-electron chi connectivity index (χ3n) is 3.47. The van der Waals surface area contributed by atoms with Crippen molar-refractivity contribution in [2.24, 2.45) is 0 Å². The van der Waals surface area contributed by atoms with Crippen LogP contribution in [0.25, 0.3) is 0 Å². The number of ether oxygens (including phenoxy) is 1. The number of halogens is 3. The monoisotopic (exact) mass is 304 g/mol. The molecule has 1 fully saturated rings. The van der Waals surface area contributed by atoms with E-state index in [0.717, 1.165) is 25.0 Å². The van der Waals surface area contributed by atoms with Crippen molar-refractivity contribution in [1.29, 1.82) is 0 Å². The fourth-order valence-electron chi connectivity index (χ4n) is 2.29. The number of nitro benzene ring substituents is 1. The first-order chi connectivity index (χ1) is 9.71. The van der Waals surface area contributed by atoms with Crippen molar-refractivity contribution in [2.75, 3.05) is 18.5 Å². The molecule has 0 saturated carbocycles. The molecule has 0 spiro atoms. The highest BCUT2D eigenvalue weighted by atomic mass is 19.4. The quantitative estimate of drug-likeness (QED) is 0.682. The molecular formula is C13H15F3N2O3. The lowest BCUT2D eigenvalue weighted by Crippen LogP contribution is -2.33. The highest BCUT2D eigenvalue weighted by Crippen LogP contribution is 2.37. The first kappa shape index (κ1) is 15.6. The molecule has 1 aliphatic rings. The number of rotatable bonds is 4. The molecule has 0 aliphatic carbocycles. The zero-order chi connectivity index (χ0) is 15.7. The summed E-state index contributed by atoms with van der Waals surface area (Å²) in [6.45, 7) is 2.63. The van der Waals surface area contributed by atoms with Crippen molar-refractivity contribution in [3.8, 4) is 0 Å². The molecule has 1 aromatic carbocycles. The van der Waals surface area contributed by atoms with Gasteiger partial charge in [-0.1, -0.05) is 0 Å². The minimum Gasteiger partial charge on any atom is -0.382 e. The summed E-state index contributed by atoms with van der Waals surface area (Å²) in [6.07, 6.45) is -3.04. The third kappa shape index (κ3) is 3.63. The molecular weight excluding hydrogens is 289 g/mol. The average Bonchev–Trinajstić information content (AvgIpc) is 2.82. The fraction of sp³-hybridized carbons (Fsp3) is 0.538. The Hall–Kier alpha value is -1.83. The van der Waals surface area contributed by atoms with Crippen molar-refractivity contribution >= 4 is 11.4 Å². The molecule has 2 rings (SSSR count). The van der Waals surface area contributed by atoms with E-state index in [2.05, 4.69) is 5.32 Å². The molecule has 1 aromatic rings. The predicted molar refractivity (Wildman–Crippen MR) is 70.2 cm³/mol. The van der Waals surface area contributed by atoms with E-state index in [1.54, 1.807) is 0 Å². The molecule has 1 N–H and O–H groups in total. The number of alkyl halides is 3. The summed E-state index contributed by atoms with van der Waals surface area (Å²) >= 11 is 0. The molecule has 1 saturated heterocycles. The number of nitrogens with zero attached hydrogens (tertiary/aromatic N) is 1. The van der Waals surface area contributed by atoms with Crippen molar-refractivity contribution in [2.45, 2.75) is 31.5 Å². The standard InChI is InChI=1S/C13H15F3N2O3/c1-12(5-2-6-21-12)8-17-11-4-3-9(18(19)20)7-10(11)13(14,15)16/h3-4,7,17H,2,5-6,8H2,1H3. The lowest BCUT2D eigenvalue weighted by atomic mass is 10.0. The van der Waals surface area contributed by atoms with Gasteiger partial charge in [0.2, 0.25) is 0 Å². The van der Waals surface area contributed by atoms with Gasteiger partial charge in [-0.2, -0.15) is 13.2 Å². The molecule has 0 aromatic heterocycles. The number of nitro groups is 1. The van der Waals surface area contributed by atoms with Crippen molar-refractivity contribution < 1.29 is 22.8 Å². The highest BCUT2D eigenvalue weighted by Gasteiger charge is 2.36. The van der Waals surface area contributed by atoms with Gasteiger partial charge in [0.25, 0.3) is 5.69 Å². The van der Waals surface area contributed by atoms with E-state index in [0.29, 0.717) is 12.7 Å². The summed E-state index contributed by atoms with van der Waals surface area (Å²) in [4.78, 5) is 9.76. The van der Waals surface area contributed by atoms with E-state index in [1.165, 1.54) is 0 Å². The fourth-order valence-corrected chi connectivity index (χ4v) is 2.29. The Labute approximate surface area is 119 Å². The number of hydrogen-bond donors (Lipinski definition) is 1. The van der Waals surface area contributed by atoms with Crippen LogP contribution in [-0.2, 0) is 10.9 Å². The van der Waals surface area contributed by atoms with E-state index in [9.17, 15) is 23.3 Å². The van der Waals surface area contributed by atoms with Gasteiger partial charge in [0.05, 0.1) is 16.1 Å². The normalized spacial score (nSPS) is 22.3. The Bertz CT molecular complexity index is 540. The summed E-state index contributed by atoms with van der Waals surface area (Å²) in [5.74, 6) is 0. The summed E-state index contributed by atoms with van der Waals surface area (Å²) < 4.78 is 44.5. The first-order valence-electron chi connectivity index (χ1n) is 6.45. The van der Waals surface area contributed by atoms with Crippen LogP contribution in [0, 0.1) is 10.1 Å². The van der Waals surface area contributed by atoms with Crippen LogP contribution < -0.4 is 5.32 Å². The number of nitrogens with one attached hydrogen (secondary N) is 1. The second kappa shape index (κ2) is 5.51. The lowest BCUT2D eigenvalue weighted by Gasteiger charge is -2.25. The summed E-state index contributed by atoms with van der Waals surface area (Å²) in [5, 5.41) is 13.3. The number of hydrogen-bond acceptors (Lipinski definition) is 4. The smallest absolute Gasteiger partial charge is 0.382 e. The second-order valence-corrected chi connectivity index (χ2v) is 5.24. The molecule has 0 bridgehead atoms. The van der Waals surface area contributed by atoms with Crippen LogP contribution in [0.1, 0.15) is 25.3 Å². The molecule has 1 atom stereocenters. The van der Waals surface area contributed by atoms with Gasteiger partial charge in [-0.05, 0) is 25.8 Å². The maximum atomic E-state index is 13.0. The van der Waals surface area contributed by atoms with Gasteiger partial charge in [-0.25, -0.2) is 0 Å². The molecule has 5 nitrogen and oxygen atoms in total. The van der Waals surface area contributed by atoms with Crippen LogP contribution in [0.15, 0.2) is 18.2 Å². The minimum absolute atomic E-state index is 0.176. The molecule has 1 aliphatic heterocycles. The molecule has 116 valence electrons. The van der Waals surface area contributed by atoms with Crippen molar-refractivity contribution in [3.05, 3.63) is 33.9 Å². The van der Waals surface area contributed by atoms with Gasteiger partial charge in [0, 0.05) is 31.0 Å². The Morgan fingerprint density at radius 2 is 2.19 bits per heavy atom. The topological polar surface area (TPSA) is 64.4 Å². The maximum Gasteiger partial charge on any atom is 0.418 e. The SMILES string of the molecule is CC1(CNc2ccc([N+](=O)[O-])cc2C(F)(F)F)CCCO1. The Morgan fingerprint density at radius 1 is 1.48 bits per heavy atom. The van der Waals surface area contributed by atoms with E-state index in [1.807, 2.05) is 6.92 Å². The van der Waals surface area contributed by atoms with Crippen molar-refractivity contribution in [1.82, 2.24) is 0 Å². The van der Waals surface area contributed by atoms with E-state index in [4.69, 9.17) is 4.74 Å². The second-order valence-electron chi connectivity index (χ2n) is 5.24. The number of anilines is 1. The summed E-state index contributed by atoms with van der Waals surface area (Å²) in [6, 6.07) is 2.68. The first-order valence-corrected chi connectivity index (χ1v) is 6.45. The summed E-state index contributed by atoms with van der Waals surface area (Å²) in [7, 11) is 0. The maximum absolute atomic E-state index is 13.0. The average molecular weight is 304 g/mol. The molecule has 1 heterocycles. The Kier molecular flexibility index (Phi) is 4.08. The van der Waals surface area contributed by atoms with E-state index in [-0.39, 0.29) is 12.2 Å². The van der Waals surface area contributed by atoms with Gasteiger partial charge in [-0.3, -0.25) is 10.1 Å². The van der Waals surface area contributed by atoms with Crippen LogP contribution >= 0.6 is 0 Å². The van der Waals surface area contributed by atoms with Gasteiger partial charge in [0.1, 0.15) is 0 Å². The number of benzene rings is 1. The van der Waals surface area contributed by atoms with Crippen LogP contribution in [0.4, 0.5) is 24.5 Å². The molecule has 0 radical (unpaired) electrons. The Balaban J connectivity index is 2.23. The zero-order valence-corrected chi connectivity index (χ0v) is 11.4. The zero-order valence-electron chi connectivity index (χ0n) is 11.4. The molecule has 0 amide bonds. The highest BCUT2D eigenvalue weighted by molar-refractivity contribution is 5.57. The van der Waals surface area contributed by atoms with Gasteiger partial charge in [-0.15, -0.1) is 0 Å². The molecule has 8 heteroatoms. The van der Waals surface area contributed by atoms with Gasteiger partial charge < -0.3 is 10.1 Å². The largest absolute Gasteiger partial charge is 0.418 e. The van der Waals surface area contributed by atoms with E-state index < -0.39 is 28.0 Å². The van der Waals surface area contributed by atoms with E-state index >= 15 is 0 Å². The molecule has 1 unspecified atom stereocenters. The summed E-state index contributed by atoms with van der Waals surface area (Å²) in [5.41, 5.74) is -2.32. The lowest BCUT2D eigenvalue weighted by molar-refractivity contribution is -0.385. The molecule has 21 heavy (non-hydrogen) atoms. The van der Waals surface area contributed by atoms with Crippen LogP contribution in [-0.4, -0.2) is 23.7 Å². The Morgan fingerprint density at radius 3 is 2.71 bits per heavy atom. The van der Waals surface area contributed by atoms with Gasteiger partial charge >= 0.3 is 6.18 Å². The van der Waals surface area contributed by atoms with Crippen LogP contribution in [0.2, 0.25) is 0 Å². The van der Waals surface area contributed by atoms with Crippen LogP contribution in [0.5, 0.6) is 0 Å². The third-order valence-corrected chi connectivity index (χ3v) is 3.47. The minimum atomic E-state index is -4.66. The van der Waals surface area contributed by atoms with Gasteiger partial charge in [0.15, 0.2) is 0 Å². The predicted octanol–water partition coefficient (Wildman–Crippen LogP) is 3.59.